The van der Waals surface area contributed by atoms with Gasteiger partial charge in [-0.1, -0.05) is 6.07 Å². The molecule has 174 valence electrons. The average Bonchev–Trinajstić information content (AvgIpc) is 3.14. The van der Waals surface area contributed by atoms with Crippen LogP contribution in [0, 0.1) is 6.92 Å². The van der Waals surface area contributed by atoms with Crippen molar-refractivity contribution in [1.29, 1.82) is 0 Å². The summed E-state index contributed by atoms with van der Waals surface area (Å²) in [5, 5.41) is 11.8. The largest absolute Gasteiger partial charge is 0.496 e. The van der Waals surface area contributed by atoms with Gasteiger partial charge in [0.1, 0.15) is 17.3 Å². The Morgan fingerprint density at radius 2 is 2.00 bits per heavy atom. The number of methoxy groups -OCH3 is 2. The van der Waals surface area contributed by atoms with Gasteiger partial charge in [0.15, 0.2) is 5.82 Å². The Balaban J connectivity index is 1.44. The lowest BCUT2D eigenvalue weighted by Crippen LogP contribution is -2.30. The van der Waals surface area contributed by atoms with E-state index in [1.165, 1.54) is 0 Å². The van der Waals surface area contributed by atoms with E-state index in [9.17, 15) is 4.79 Å². The lowest BCUT2D eigenvalue weighted by molar-refractivity contribution is 0.0937. The highest BCUT2D eigenvalue weighted by atomic mass is 16.5. The SMILES string of the molecule is COc1ccc(CN2CCc3nnc(C(C)NC(=O)c4cccnc4)n3CC2)c(OC)c1C. The maximum atomic E-state index is 12.5. The van der Waals surface area contributed by atoms with Crippen molar-refractivity contribution in [2.24, 2.45) is 0 Å². The lowest BCUT2D eigenvalue weighted by atomic mass is 10.1. The van der Waals surface area contributed by atoms with Crippen LogP contribution in [-0.2, 0) is 19.5 Å². The maximum absolute atomic E-state index is 12.5. The minimum absolute atomic E-state index is 0.176. The van der Waals surface area contributed by atoms with Crippen molar-refractivity contribution in [2.75, 3.05) is 27.3 Å². The van der Waals surface area contributed by atoms with Crippen molar-refractivity contribution in [3.63, 3.8) is 0 Å². The summed E-state index contributed by atoms with van der Waals surface area (Å²) >= 11 is 0. The molecule has 1 unspecified atom stereocenters. The molecule has 2 aromatic heterocycles. The molecule has 3 aromatic rings. The van der Waals surface area contributed by atoms with Gasteiger partial charge >= 0.3 is 0 Å². The van der Waals surface area contributed by atoms with E-state index in [4.69, 9.17) is 9.47 Å². The molecule has 1 aliphatic heterocycles. The average molecular weight is 451 g/mol. The van der Waals surface area contributed by atoms with Crippen LogP contribution in [0.5, 0.6) is 11.5 Å². The number of pyridine rings is 1. The molecule has 1 aliphatic rings. The highest BCUT2D eigenvalue weighted by molar-refractivity contribution is 5.94. The fourth-order valence-electron chi connectivity index (χ4n) is 4.31. The molecule has 0 fully saturated rings. The number of hydrogen-bond donors (Lipinski definition) is 1. The number of carbonyl (C=O) groups excluding carboxylic acids is 1. The molecule has 3 heterocycles. The molecular formula is C24H30N6O3. The Kier molecular flexibility index (Phi) is 6.88. The van der Waals surface area contributed by atoms with Crippen LogP contribution in [0.4, 0.5) is 0 Å². The topological polar surface area (TPSA) is 94.4 Å². The molecule has 1 amide bonds. The van der Waals surface area contributed by atoms with Gasteiger partial charge in [0.2, 0.25) is 0 Å². The second-order valence-electron chi connectivity index (χ2n) is 8.17. The van der Waals surface area contributed by atoms with Crippen molar-refractivity contribution >= 4 is 5.91 Å². The van der Waals surface area contributed by atoms with Crippen molar-refractivity contribution in [1.82, 2.24) is 30.0 Å². The summed E-state index contributed by atoms with van der Waals surface area (Å²) in [7, 11) is 3.37. The van der Waals surface area contributed by atoms with E-state index in [2.05, 4.69) is 36.0 Å². The molecule has 1 aromatic carbocycles. The Labute approximate surface area is 193 Å². The zero-order valence-electron chi connectivity index (χ0n) is 19.5. The van der Waals surface area contributed by atoms with Gasteiger partial charge in [-0.25, -0.2) is 0 Å². The number of ether oxygens (including phenoxy) is 2. The van der Waals surface area contributed by atoms with E-state index in [0.29, 0.717) is 5.56 Å². The monoisotopic (exact) mass is 450 g/mol. The van der Waals surface area contributed by atoms with Crippen molar-refractivity contribution < 1.29 is 14.3 Å². The van der Waals surface area contributed by atoms with E-state index < -0.39 is 0 Å². The molecule has 1 atom stereocenters. The van der Waals surface area contributed by atoms with E-state index >= 15 is 0 Å². The van der Waals surface area contributed by atoms with Crippen LogP contribution >= 0.6 is 0 Å². The van der Waals surface area contributed by atoms with Gasteiger partial charge in [0.05, 0.1) is 25.8 Å². The third-order valence-electron chi connectivity index (χ3n) is 6.06. The number of nitrogens with one attached hydrogen (secondary N) is 1. The first-order chi connectivity index (χ1) is 16.0. The predicted octanol–water partition coefficient (Wildman–Crippen LogP) is 2.55. The minimum atomic E-state index is -0.269. The van der Waals surface area contributed by atoms with E-state index in [1.54, 1.807) is 38.7 Å². The maximum Gasteiger partial charge on any atom is 0.253 e. The lowest BCUT2D eigenvalue weighted by Gasteiger charge is -2.22. The summed E-state index contributed by atoms with van der Waals surface area (Å²) in [6.07, 6.45) is 3.99. The Hall–Kier alpha value is -3.46. The van der Waals surface area contributed by atoms with E-state index in [-0.39, 0.29) is 11.9 Å². The highest BCUT2D eigenvalue weighted by Crippen LogP contribution is 2.32. The number of rotatable bonds is 7. The van der Waals surface area contributed by atoms with Crippen LogP contribution in [0.15, 0.2) is 36.7 Å². The number of nitrogens with zero attached hydrogens (tertiary/aromatic N) is 5. The van der Waals surface area contributed by atoms with Crippen LogP contribution in [-0.4, -0.2) is 57.9 Å². The predicted molar refractivity (Wildman–Crippen MR) is 123 cm³/mol. The second-order valence-corrected chi connectivity index (χ2v) is 8.17. The fraction of sp³-hybridized carbons (Fsp3) is 0.417. The first-order valence-electron chi connectivity index (χ1n) is 11.1. The number of fused-ring (bicyclic) bond motifs is 1. The number of amides is 1. The van der Waals surface area contributed by atoms with Crippen molar-refractivity contribution in [2.45, 2.75) is 39.4 Å². The van der Waals surface area contributed by atoms with Crippen LogP contribution < -0.4 is 14.8 Å². The van der Waals surface area contributed by atoms with Gasteiger partial charge < -0.3 is 19.4 Å². The van der Waals surface area contributed by atoms with Crippen molar-refractivity contribution in [3.8, 4) is 11.5 Å². The molecule has 0 saturated heterocycles. The van der Waals surface area contributed by atoms with Crippen LogP contribution in [0.2, 0.25) is 0 Å². The molecule has 0 aliphatic carbocycles. The van der Waals surface area contributed by atoms with Gasteiger partial charge in [0, 0.05) is 56.1 Å². The van der Waals surface area contributed by atoms with Crippen LogP contribution in [0.1, 0.15) is 46.1 Å². The van der Waals surface area contributed by atoms with E-state index in [1.807, 2.05) is 19.9 Å². The quantitative estimate of drug-likeness (QED) is 0.591. The Morgan fingerprint density at radius 3 is 2.73 bits per heavy atom. The number of hydrogen-bond acceptors (Lipinski definition) is 7. The molecule has 0 radical (unpaired) electrons. The normalized spacial score (nSPS) is 14.8. The first-order valence-corrected chi connectivity index (χ1v) is 11.1. The Bertz CT molecular complexity index is 1110. The molecule has 0 saturated carbocycles. The molecular weight excluding hydrogens is 420 g/mol. The smallest absolute Gasteiger partial charge is 0.253 e. The van der Waals surface area contributed by atoms with Gasteiger partial charge in [-0.05, 0) is 32.0 Å². The molecule has 33 heavy (non-hydrogen) atoms. The van der Waals surface area contributed by atoms with E-state index in [0.717, 1.165) is 66.9 Å². The summed E-state index contributed by atoms with van der Waals surface area (Å²) in [5.41, 5.74) is 2.66. The highest BCUT2D eigenvalue weighted by Gasteiger charge is 2.24. The van der Waals surface area contributed by atoms with Gasteiger partial charge in [0.25, 0.3) is 5.91 Å². The standard InChI is InChI=1S/C24H30N6O3/c1-16-20(32-3)8-7-19(22(16)33-4)15-29-11-9-21-27-28-23(30(21)13-12-29)17(2)26-24(31)18-6-5-10-25-14-18/h5-8,10,14,17H,9,11-13,15H2,1-4H3,(H,26,31). The van der Waals surface area contributed by atoms with Gasteiger partial charge in [-0.3, -0.25) is 14.7 Å². The van der Waals surface area contributed by atoms with Gasteiger partial charge in [-0.15, -0.1) is 10.2 Å². The summed E-state index contributed by atoms with van der Waals surface area (Å²) in [5.74, 6) is 3.22. The summed E-state index contributed by atoms with van der Waals surface area (Å²) < 4.78 is 13.2. The minimum Gasteiger partial charge on any atom is -0.496 e. The molecule has 1 N–H and O–H groups in total. The number of carbonyl (C=O) groups is 1. The summed E-state index contributed by atoms with van der Waals surface area (Å²) in [6.45, 7) is 7.17. The summed E-state index contributed by atoms with van der Waals surface area (Å²) in [4.78, 5) is 18.9. The van der Waals surface area contributed by atoms with Crippen molar-refractivity contribution in [3.05, 3.63) is 65.0 Å². The number of benzene rings is 1. The molecule has 9 nitrogen and oxygen atoms in total. The van der Waals surface area contributed by atoms with Crippen LogP contribution in [0.3, 0.4) is 0 Å². The summed E-state index contributed by atoms with van der Waals surface area (Å²) in [6, 6.07) is 7.28. The first kappa shape index (κ1) is 22.7. The molecule has 0 bridgehead atoms. The van der Waals surface area contributed by atoms with Gasteiger partial charge in [-0.2, -0.15) is 0 Å². The number of aromatic nitrogens is 4. The third kappa shape index (κ3) is 4.83. The third-order valence-corrected chi connectivity index (χ3v) is 6.06. The Morgan fingerprint density at radius 1 is 1.15 bits per heavy atom. The molecule has 0 spiro atoms. The molecule has 9 heteroatoms. The zero-order chi connectivity index (χ0) is 23.4. The zero-order valence-corrected chi connectivity index (χ0v) is 19.5. The fourth-order valence-corrected chi connectivity index (χ4v) is 4.31. The molecule has 4 rings (SSSR count). The second kappa shape index (κ2) is 9.99. The van der Waals surface area contributed by atoms with Crippen LogP contribution in [0.25, 0.3) is 0 Å².